The number of rotatable bonds is 7. The fourth-order valence-electron chi connectivity index (χ4n) is 4.78. The Kier molecular flexibility index (Phi) is 6.81. The number of ether oxygens (including phenoxy) is 3. The molecular weight excluding hydrogens is 356 g/mol. The van der Waals surface area contributed by atoms with Crippen LogP contribution >= 0.6 is 0 Å². The number of fused-ring (bicyclic) bond motifs is 1. The van der Waals surface area contributed by atoms with Gasteiger partial charge < -0.3 is 24.4 Å². The summed E-state index contributed by atoms with van der Waals surface area (Å²) in [5.74, 6) is 0.375. The minimum atomic E-state index is -0.680. The lowest BCUT2D eigenvalue weighted by Crippen LogP contribution is -2.31. The second-order valence-electron chi connectivity index (χ2n) is 8.29. The van der Waals surface area contributed by atoms with Crippen molar-refractivity contribution in [3.63, 3.8) is 0 Å². The summed E-state index contributed by atoms with van der Waals surface area (Å²) < 4.78 is 17.7. The molecule has 0 spiro atoms. The van der Waals surface area contributed by atoms with E-state index in [4.69, 9.17) is 14.2 Å². The maximum absolute atomic E-state index is 10.4. The molecule has 0 amide bonds. The highest BCUT2D eigenvalue weighted by atomic mass is 16.7. The second kappa shape index (κ2) is 9.51. The highest BCUT2D eigenvalue weighted by Gasteiger charge is 2.49. The van der Waals surface area contributed by atoms with Gasteiger partial charge in [-0.15, -0.1) is 0 Å². The molecule has 154 valence electrons. The number of aliphatic hydroxyl groups is 2. The molecule has 1 aromatic rings. The first-order valence-corrected chi connectivity index (χ1v) is 10.7. The minimum absolute atomic E-state index is 0.0168. The van der Waals surface area contributed by atoms with Gasteiger partial charge >= 0.3 is 0 Å². The first kappa shape index (κ1) is 20.0. The van der Waals surface area contributed by atoms with Crippen LogP contribution < -0.4 is 0 Å². The van der Waals surface area contributed by atoms with Gasteiger partial charge in [-0.3, -0.25) is 0 Å². The molecule has 28 heavy (non-hydrogen) atoms. The van der Waals surface area contributed by atoms with Crippen molar-refractivity contribution in [2.24, 2.45) is 11.8 Å². The van der Waals surface area contributed by atoms with Gasteiger partial charge in [-0.1, -0.05) is 42.5 Å². The van der Waals surface area contributed by atoms with Crippen molar-refractivity contribution in [2.75, 3.05) is 6.61 Å². The van der Waals surface area contributed by atoms with E-state index < -0.39 is 12.4 Å². The fourth-order valence-corrected chi connectivity index (χ4v) is 4.78. The van der Waals surface area contributed by atoms with Crippen LogP contribution in [0, 0.1) is 11.8 Å². The topological polar surface area (TPSA) is 68.2 Å². The summed E-state index contributed by atoms with van der Waals surface area (Å²) in [4.78, 5) is 0. The lowest BCUT2D eigenvalue weighted by atomic mass is 9.91. The molecule has 0 radical (unpaired) electrons. The van der Waals surface area contributed by atoms with Gasteiger partial charge in [-0.05, 0) is 43.6 Å². The largest absolute Gasteiger partial charge is 0.389 e. The summed E-state index contributed by atoms with van der Waals surface area (Å²) in [5.41, 5.74) is 1.24. The molecule has 2 aliphatic heterocycles. The van der Waals surface area contributed by atoms with Gasteiger partial charge in [0, 0.05) is 25.4 Å². The van der Waals surface area contributed by atoms with Crippen molar-refractivity contribution < 1.29 is 24.4 Å². The van der Waals surface area contributed by atoms with Crippen LogP contribution in [-0.4, -0.2) is 47.7 Å². The Morgan fingerprint density at radius 1 is 1.18 bits per heavy atom. The molecule has 1 aromatic carbocycles. The van der Waals surface area contributed by atoms with E-state index in [0.717, 1.165) is 38.7 Å². The maximum atomic E-state index is 10.4. The average Bonchev–Trinajstić information content (AvgIpc) is 3.22. The molecule has 2 unspecified atom stereocenters. The highest BCUT2D eigenvalue weighted by molar-refractivity contribution is 5.15. The number of hydrogen-bond acceptors (Lipinski definition) is 5. The van der Waals surface area contributed by atoms with Gasteiger partial charge in [-0.2, -0.15) is 0 Å². The Morgan fingerprint density at radius 3 is 2.82 bits per heavy atom. The molecule has 1 saturated carbocycles. The Bertz CT molecular complexity index is 627. The van der Waals surface area contributed by atoms with Crippen molar-refractivity contribution in [3.8, 4) is 0 Å². The zero-order valence-corrected chi connectivity index (χ0v) is 16.4. The molecule has 3 aliphatic rings. The molecule has 2 saturated heterocycles. The fraction of sp³-hybridized carbons (Fsp3) is 0.652. The zero-order valence-electron chi connectivity index (χ0n) is 16.4. The molecule has 4 rings (SSSR count). The van der Waals surface area contributed by atoms with Crippen molar-refractivity contribution in [2.45, 2.75) is 75.8 Å². The van der Waals surface area contributed by atoms with Crippen LogP contribution in [0.25, 0.3) is 0 Å². The van der Waals surface area contributed by atoms with Crippen LogP contribution in [-0.2, 0) is 20.6 Å². The van der Waals surface area contributed by atoms with E-state index in [1.165, 1.54) is 5.56 Å². The molecule has 2 heterocycles. The van der Waals surface area contributed by atoms with E-state index in [2.05, 4.69) is 18.2 Å². The number of aryl methyl sites for hydroxylation is 1. The lowest BCUT2D eigenvalue weighted by molar-refractivity contribution is -0.196. The van der Waals surface area contributed by atoms with E-state index in [9.17, 15) is 10.2 Å². The second-order valence-corrected chi connectivity index (χ2v) is 8.29. The number of hydrogen-bond donors (Lipinski definition) is 2. The Labute approximate surface area is 167 Å². The molecule has 3 fully saturated rings. The van der Waals surface area contributed by atoms with Gasteiger partial charge in [0.15, 0.2) is 12.6 Å². The molecule has 5 heteroatoms. The van der Waals surface area contributed by atoms with Crippen LogP contribution in [0.1, 0.15) is 44.1 Å². The van der Waals surface area contributed by atoms with Crippen molar-refractivity contribution >= 4 is 0 Å². The van der Waals surface area contributed by atoms with E-state index in [0.29, 0.717) is 12.8 Å². The van der Waals surface area contributed by atoms with E-state index in [1.807, 2.05) is 24.3 Å². The highest BCUT2D eigenvalue weighted by Crippen LogP contribution is 2.45. The maximum Gasteiger partial charge on any atom is 0.157 e. The van der Waals surface area contributed by atoms with Crippen LogP contribution in [0.4, 0.5) is 0 Å². The third-order valence-electron chi connectivity index (χ3n) is 6.26. The van der Waals surface area contributed by atoms with Gasteiger partial charge in [0.2, 0.25) is 0 Å². The molecule has 5 nitrogen and oxygen atoms in total. The number of aliphatic hydroxyl groups excluding tert-OH is 2. The summed E-state index contributed by atoms with van der Waals surface area (Å²) >= 11 is 0. The quantitative estimate of drug-likeness (QED) is 0.702. The summed E-state index contributed by atoms with van der Waals surface area (Å²) in [6.07, 6.45) is 8.85. The Hall–Kier alpha value is -1.24. The number of benzene rings is 1. The third-order valence-corrected chi connectivity index (χ3v) is 6.26. The van der Waals surface area contributed by atoms with Gasteiger partial charge in [-0.25, -0.2) is 0 Å². The standard InChI is InChI=1S/C23H32O5/c24-17(10-9-16-6-2-1-3-7-16)11-12-18-19-14-22(25)27-21(19)15-20(18)28-23-8-4-5-13-26-23/h1-3,6-7,11-12,17-25H,4-5,8-10,13-15H2/b12-11+/t17-,18+,19+,20+,21-,22?,23?/m0/s1. The van der Waals surface area contributed by atoms with E-state index in [1.54, 1.807) is 0 Å². The van der Waals surface area contributed by atoms with E-state index in [-0.39, 0.29) is 30.3 Å². The molecule has 0 bridgehead atoms. The van der Waals surface area contributed by atoms with Gasteiger partial charge in [0.1, 0.15) is 0 Å². The summed E-state index contributed by atoms with van der Waals surface area (Å²) in [5, 5.41) is 20.3. The minimum Gasteiger partial charge on any atom is -0.389 e. The molecule has 0 aromatic heterocycles. The smallest absolute Gasteiger partial charge is 0.157 e. The monoisotopic (exact) mass is 388 g/mol. The van der Waals surface area contributed by atoms with Gasteiger partial charge in [0.25, 0.3) is 0 Å². The average molecular weight is 389 g/mol. The van der Waals surface area contributed by atoms with Crippen molar-refractivity contribution in [1.82, 2.24) is 0 Å². The molecular formula is C23H32O5. The molecule has 2 N–H and O–H groups in total. The normalized spacial score (nSPS) is 36.6. The summed E-state index contributed by atoms with van der Waals surface area (Å²) in [6, 6.07) is 10.2. The Morgan fingerprint density at radius 2 is 2.04 bits per heavy atom. The Balaban J connectivity index is 1.36. The summed E-state index contributed by atoms with van der Waals surface area (Å²) in [7, 11) is 0. The van der Waals surface area contributed by atoms with Crippen LogP contribution in [0.3, 0.4) is 0 Å². The van der Waals surface area contributed by atoms with Gasteiger partial charge in [0.05, 0.1) is 18.3 Å². The predicted octanol–water partition coefficient (Wildman–Crippen LogP) is 3.19. The first-order valence-electron chi connectivity index (χ1n) is 10.7. The van der Waals surface area contributed by atoms with E-state index >= 15 is 0 Å². The van der Waals surface area contributed by atoms with Crippen molar-refractivity contribution in [1.29, 1.82) is 0 Å². The van der Waals surface area contributed by atoms with Crippen LogP contribution in [0.2, 0.25) is 0 Å². The third kappa shape index (κ3) is 5.02. The van der Waals surface area contributed by atoms with Crippen LogP contribution in [0.15, 0.2) is 42.5 Å². The van der Waals surface area contributed by atoms with Crippen molar-refractivity contribution in [3.05, 3.63) is 48.0 Å². The first-order chi connectivity index (χ1) is 13.7. The lowest BCUT2D eigenvalue weighted by Gasteiger charge is -2.29. The summed E-state index contributed by atoms with van der Waals surface area (Å²) in [6.45, 7) is 0.762. The molecule has 7 atom stereocenters. The molecule has 1 aliphatic carbocycles. The predicted molar refractivity (Wildman–Crippen MR) is 105 cm³/mol. The zero-order chi connectivity index (χ0) is 19.3. The SMILES string of the molecule is OC1C[C@@H]2[C@@H](/C=C/[C@@H](O)CCc3ccccc3)[C@H](OC3CCCCO3)C[C@@H]2O1. The van der Waals surface area contributed by atoms with Crippen LogP contribution in [0.5, 0.6) is 0 Å².